The first kappa shape index (κ1) is 19.1. The number of methoxy groups -OCH3 is 1. The zero-order valence-corrected chi connectivity index (χ0v) is 13.5. The Balaban J connectivity index is 0.000000925. The lowest BCUT2D eigenvalue weighted by Crippen LogP contribution is -2.09. The smallest absolute Gasteiger partial charge is 0.188 e. The fourth-order valence-corrected chi connectivity index (χ4v) is 2.25. The van der Waals surface area contributed by atoms with Gasteiger partial charge < -0.3 is 21.1 Å². The minimum absolute atomic E-state index is 0. The fraction of sp³-hybridized carbons (Fsp3) is 0.111. The molecule has 0 amide bonds. The van der Waals surface area contributed by atoms with Gasteiger partial charge in [0, 0.05) is 29.9 Å². The molecule has 6 heteroatoms. The van der Waals surface area contributed by atoms with Crippen LogP contribution in [0.5, 0.6) is 5.75 Å². The summed E-state index contributed by atoms with van der Waals surface area (Å²) in [5, 5.41) is 7.00. The first-order valence-corrected chi connectivity index (χ1v) is 6.98. The third kappa shape index (κ3) is 3.87. The van der Waals surface area contributed by atoms with E-state index in [9.17, 15) is 4.79 Å². The molecule has 1 aliphatic rings. The number of fused-ring (bicyclic) bond motifs is 1. The molecule has 0 aliphatic carbocycles. The molecule has 6 nitrogen and oxygen atoms in total. The number of aliphatic imine (C=N–C) groups is 1. The minimum Gasteiger partial charge on any atom is -0.497 e. The Kier molecular flexibility index (Phi) is 6.85. The second-order valence-electron chi connectivity index (χ2n) is 4.66. The van der Waals surface area contributed by atoms with Gasteiger partial charge in [-0.15, -0.1) is 0 Å². The van der Waals surface area contributed by atoms with E-state index in [0.717, 1.165) is 18.2 Å². The van der Waals surface area contributed by atoms with Crippen molar-refractivity contribution in [2.45, 2.75) is 0 Å². The quantitative estimate of drug-likeness (QED) is 0.654. The Hall–Kier alpha value is -2.96. The second kappa shape index (κ2) is 8.61. The molecule has 0 saturated heterocycles. The van der Waals surface area contributed by atoms with Crippen LogP contribution in [0, 0.1) is 0 Å². The van der Waals surface area contributed by atoms with E-state index >= 15 is 0 Å². The minimum atomic E-state index is -0.110. The summed E-state index contributed by atoms with van der Waals surface area (Å²) in [5.74, 6) is 1.05. The molecule has 126 valence electrons. The third-order valence-corrected chi connectivity index (χ3v) is 3.36. The molecule has 0 atom stereocenters. The van der Waals surface area contributed by atoms with Crippen molar-refractivity contribution in [2.24, 2.45) is 10.7 Å². The Morgan fingerprint density at radius 3 is 2.25 bits per heavy atom. The monoisotopic (exact) mass is 328 g/mol. The number of aliphatic hydroxyl groups is 1. The molecular formula is C18H20N2O4. The van der Waals surface area contributed by atoms with Crippen LogP contribution in [0.2, 0.25) is 0 Å². The summed E-state index contributed by atoms with van der Waals surface area (Å²) < 4.78 is 5.08. The fourth-order valence-electron chi connectivity index (χ4n) is 2.25. The van der Waals surface area contributed by atoms with Gasteiger partial charge in [-0.1, -0.05) is 24.3 Å². The van der Waals surface area contributed by atoms with Gasteiger partial charge in [0.05, 0.1) is 12.8 Å². The average molecular weight is 328 g/mol. The largest absolute Gasteiger partial charge is 0.497 e. The van der Waals surface area contributed by atoms with Crippen molar-refractivity contribution in [3.63, 3.8) is 0 Å². The molecule has 0 unspecified atom stereocenters. The van der Waals surface area contributed by atoms with Crippen molar-refractivity contribution in [1.29, 1.82) is 0 Å². The molecule has 1 heterocycles. The van der Waals surface area contributed by atoms with Gasteiger partial charge in [-0.2, -0.15) is 0 Å². The predicted molar refractivity (Wildman–Crippen MR) is 94.2 cm³/mol. The van der Waals surface area contributed by atoms with Gasteiger partial charge in [-0.25, -0.2) is 4.99 Å². The van der Waals surface area contributed by atoms with Crippen LogP contribution in [0.4, 0.5) is 0 Å². The van der Waals surface area contributed by atoms with E-state index < -0.39 is 0 Å². The normalized spacial score (nSPS) is 13.1. The van der Waals surface area contributed by atoms with E-state index in [0.29, 0.717) is 22.8 Å². The maximum absolute atomic E-state index is 12.3. The van der Waals surface area contributed by atoms with Crippen molar-refractivity contribution in [3.05, 3.63) is 71.3 Å². The summed E-state index contributed by atoms with van der Waals surface area (Å²) in [4.78, 5) is 16.6. The van der Waals surface area contributed by atoms with E-state index in [1.54, 1.807) is 31.4 Å². The number of allylic oxidation sites excluding steroid dienone is 1. The van der Waals surface area contributed by atoms with Crippen molar-refractivity contribution >= 4 is 17.3 Å². The number of rotatable bonds is 3. The third-order valence-electron chi connectivity index (χ3n) is 3.36. The van der Waals surface area contributed by atoms with Gasteiger partial charge in [-0.3, -0.25) is 4.79 Å². The van der Waals surface area contributed by atoms with Crippen LogP contribution in [-0.2, 0) is 0 Å². The van der Waals surface area contributed by atoms with E-state index in [2.05, 4.69) is 4.99 Å². The van der Waals surface area contributed by atoms with E-state index in [1.807, 2.05) is 24.3 Å². The Labute approximate surface area is 140 Å². The highest BCUT2D eigenvalue weighted by atomic mass is 16.5. The number of carbonyl (C=O) groups excluding carboxylic acids is 1. The summed E-state index contributed by atoms with van der Waals surface area (Å²) in [7, 11) is 2.59. The lowest BCUT2D eigenvalue weighted by molar-refractivity contribution is 0.104. The molecule has 2 aromatic carbocycles. The first-order chi connectivity index (χ1) is 11.2. The van der Waals surface area contributed by atoms with Gasteiger partial charge in [-0.05, 0) is 24.3 Å². The number of amidine groups is 1. The van der Waals surface area contributed by atoms with Crippen molar-refractivity contribution in [1.82, 2.24) is 0 Å². The SMILES string of the molecule is CO.COc1ccc(C(=O)/C=C2\N=C(N)c3ccccc32)cc1.O. The lowest BCUT2D eigenvalue weighted by Gasteiger charge is -2.01. The number of nitrogens with zero attached hydrogens (tertiary/aromatic N) is 1. The predicted octanol–water partition coefficient (Wildman–Crippen LogP) is 1.42. The Morgan fingerprint density at radius 2 is 1.67 bits per heavy atom. The standard InChI is InChI=1S/C17H14N2O2.CH4O.H2O/c1-21-12-8-6-11(7-9-12)16(20)10-15-13-4-2-3-5-14(13)17(18)19-15;1-2;/h2-10H,1H3,(H2,18,19);2H,1H3;1H2/b15-10-;;. The van der Waals surface area contributed by atoms with E-state index in [1.165, 1.54) is 6.08 Å². The zero-order chi connectivity index (χ0) is 16.8. The molecular weight excluding hydrogens is 308 g/mol. The first-order valence-electron chi connectivity index (χ1n) is 6.98. The van der Waals surface area contributed by atoms with Gasteiger partial charge in [0.25, 0.3) is 0 Å². The topological polar surface area (TPSA) is 116 Å². The van der Waals surface area contributed by atoms with Gasteiger partial charge in [0.1, 0.15) is 11.6 Å². The summed E-state index contributed by atoms with van der Waals surface area (Å²) in [6.45, 7) is 0. The van der Waals surface area contributed by atoms with Crippen LogP contribution in [0.25, 0.3) is 5.70 Å². The van der Waals surface area contributed by atoms with Crippen LogP contribution in [0.1, 0.15) is 21.5 Å². The number of hydrogen-bond acceptors (Lipinski definition) is 5. The molecule has 0 fully saturated rings. The summed E-state index contributed by atoms with van der Waals surface area (Å²) in [6.07, 6.45) is 1.51. The highest BCUT2D eigenvalue weighted by Crippen LogP contribution is 2.27. The molecule has 1 aliphatic heterocycles. The van der Waals surface area contributed by atoms with Crippen LogP contribution < -0.4 is 10.5 Å². The average Bonchev–Trinajstić information content (AvgIpc) is 2.93. The van der Waals surface area contributed by atoms with E-state index in [-0.39, 0.29) is 11.3 Å². The number of aliphatic hydroxyl groups excluding tert-OH is 1. The highest BCUT2D eigenvalue weighted by Gasteiger charge is 2.18. The van der Waals surface area contributed by atoms with Gasteiger partial charge >= 0.3 is 0 Å². The van der Waals surface area contributed by atoms with Crippen LogP contribution in [0.3, 0.4) is 0 Å². The Bertz CT molecular complexity index is 765. The molecule has 24 heavy (non-hydrogen) atoms. The van der Waals surface area contributed by atoms with Crippen molar-refractivity contribution in [2.75, 3.05) is 14.2 Å². The second-order valence-corrected chi connectivity index (χ2v) is 4.66. The molecule has 0 aromatic heterocycles. The van der Waals surface area contributed by atoms with Crippen LogP contribution >= 0.6 is 0 Å². The van der Waals surface area contributed by atoms with Crippen molar-refractivity contribution in [3.8, 4) is 5.75 Å². The van der Waals surface area contributed by atoms with E-state index in [4.69, 9.17) is 15.6 Å². The maximum Gasteiger partial charge on any atom is 0.188 e. The van der Waals surface area contributed by atoms with Gasteiger partial charge in [0.2, 0.25) is 0 Å². The molecule has 0 spiro atoms. The number of hydrogen-bond donors (Lipinski definition) is 2. The lowest BCUT2D eigenvalue weighted by atomic mass is 10.0. The molecule has 0 radical (unpaired) electrons. The maximum atomic E-state index is 12.3. The van der Waals surface area contributed by atoms with Crippen molar-refractivity contribution < 1.29 is 20.1 Å². The number of ether oxygens (including phenoxy) is 1. The van der Waals surface area contributed by atoms with Crippen LogP contribution in [-0.4, -0.2) is 36.4 Å². The molecule has 3 rings (SSSR count). The van der Waals surface area contributed by atoms with Gasteiger partial charge in [0.15, 0.2) is 5.78 Å². The molecule has 0 saturated carbocycles. The molecule has 0 bridgehead atoms. The summed E-state index contributed by atoms with van der Waals surface area (Å²) >= 11 is 0. The summed E-state index contributed by atoms with van der Waals surface area (Å²) in [5.41, 5.74) is 8.81. The molecule has 2 aromatic rings. The number of carbonyl (C=O) groups is 1. The number of nitrogens with two attached hydrogens (primary N) is 1. The number of benzene rings is 2. The Morgan fingerprint density at radius 1 is 1.08 bits per heavy atom. The highest BCUT2D eigenvalue weighted by molar-refractivity contribution is 6.15. The zero-order valence-electron chi connectivity index (χ0n) is 13.5. The number of ketones is 1. The van der Waals surface area contributed by atoms with Crippen LogP contribution in [0.15, 0.2) is 59.6 Å². The molecule has 5 N–H and O–H groups in total. The summed E-state index contributed by atoms with van der Waals surface area (Å²) in [6, 6.07) is 14.6.